The van der Waals surface area contributed by atoms with Crippen molar-refractivity contribution in [1.29, 1.82) is 0 Å². The van der Waals surface area contributed by atoms with Crippen LogP contribution in [0.5, 0.6) is 0 Å². The normalized spacial score (nSPS) is 26.7. The zero-order chi connectivity index (χ0) is 10.8. The second-order valence-corrected chi connectivity index (χ2v) is 5.32. The molecule has 0 bridgehead atoms. The Morgan fingerprint density at radius 2 is 2.13 bits per heavy atom. The second-order valence-electron chi connectivity index (χ2n) is 3.86. The van der Waals surface area contributed by atoms with E-state index >= 15 is 0 Å². The summed E-state index contributed by atoms with van der Waals surface area (Å²) in [5, 5.41) is 5.77. The smallest absolute Gasteiger partial charge is 0.272 e. The number of hydrogen-bond donors (Lipinski definition) is 2. The molecule has 15 heavy (non-hydrogen) atoms. The van der Waals surface area contributed by atoms with Crippen molar-refractivity contribution in [2.24, 2.45) is 0 Å². The zero-order valence-electron chi connectivity index (χ0n) is 8.66. The van der Waals surface area contributed by atoms with Gasteiger partial charge in [0.05, 0.1) is 6.04 Å². The van der Waals surface area contributed by atoms with Gasteiger partial charge in [-0.05, 0) is 31.3 Å². The molecule has 2 unspecified atom stereocenters. The summed E-state index contributed by atoms with van der Waals surface area (Å²) in [6.07, 6.45) is 6.79. The maximum Gasteiger partial charge on any atom is 0.342 e. The lowest BCUT2D eigenvalue weighted by Crippen LogP contribution is -2.31. The molecule has 0 saturated heterocycles. The number of nitrogens with one attached hydrogen (secondary N) is 2. The fourth-order valence-electron chi connectivity index (χ4n) is 2.27. The summed E-state index contributed by atoms with van der Waals surface area (Å²) in [4.78, 5) is 11.6. The molecule has 1 saturated carbocycles. The van der Waals surface area contributed by atoms with Crippen molar-refractivity contribution in [2.45, 2.75) is 37.0 Å². The fourth-order valence-corrected chi connectivity index (χ4v) is 3.51. The minimum atomic E-state index is -0.106. The van der Waals surface area contributed by atoms with Crippen LogP contribution < -0.4 is 5.69 Å². The van der Waals surface area contributed by atoms with E-state index in [1.165, 1.54) is 19.3 Å². The number of thioether (sulfide) groups is 1. The van der Waals surface area contributed by atoms with Crippen LogP contribution in [0.3, 0.4) is 0 Å². The molecular weight excluding hydrogens is 230 g/mol. The summed E-state index contributed by atoms with van der Waals surface area (Å²) >= 11 is 6.96. The van der Waals surface area contributed by atoms with E-state index in [2.05, 4.69) is 16.5 Å². The topological polar surface area (TPSA) is 53.6 Å². The van der Waals surface area contributed by atoms with Gasteiger partial charge in [-0.2, -0.15) is 11.8 Å². The minimum Gasteiger partial charge on any atom is -0.272 e. The molecule has 6 heteroatoms. The van der Waals surface area contributed by atoms with Crippen molar-refractivity contribution in [3.63, 3.8) is 0 Å². The van der Waals surface area contributed by atoms with Crippen LogP contribution in [0, 0.1) is 4.77 Å². The Bertz CT molecular complexity index is 406. The van der Waals surface area contributed by atoms with Crippen LogP contribution in [0.25, 0.3) is 0 Å². The maximum absolute atomic E-state index is 11.6. The molecular formula is C9H15N3OS2. The summed E-state index contributed by atoms with van der Waals surface area (Å²) < 4.78 is 2.22. The van der Waals surface area contributed by atoms with Crippen molar-refractivity contribution < 1.29 is 0 Å². The molecule has 1 aliphatic carbocycles. The highest BCUT2D eigenvalue weighted by Gasteiger charge is 2.27. The molecule has 2 atom stereocenters. The van der Waals surface area contributed by atoms with Crippen LogP contribution in [-0.4, -0.2) is 26.3 Å². The largest absolute Gasteiger partial charge is 0.342 e. The van der Waals surface area contributed by atoms with Gasteiger partial charge in [0.25, 0.3) is 0 Å². The number of nitrogens with zero attached hydrogens (tertiary/aromatic N) is 1. The van der Waals surface area contributed by atoms with E-state index in [9.17, 15) is 4.79 Å². The maximum atomic E-state index is 11.6. The molecule has 2 N–H and O–H groups in total. The van der Waals surface area contributed by atoms with Crippen molar-refractivity contribution in [1.82, 2.24) is 14.8 Å². The number of rotatable bonds is 2. The summed E-state index contributed by atoms with van der Waals surface area (Å²) in [6, 6.07) is 0.260. The molecule has 0 aliphatic heterocycles. The third-order valence-electron chi connectivity index (χ3n) is 3.02. The summed E-state index contributed by atoms with van der Waals surface area (Å²) in [5.74, 6) is 0. The molecule has 84 valence electrons. The average molecular weight is 245 g/mol. The highest BCUT2D eigenvalue weighted by molar-refractivity contribution is 7.99. The number of aromatic nitrogens is 3. The van der Waals surface area contributed by atoms with Crippen molar-refractivity contribution in [3.05, 3.63) is 15.3 Å². The van der Waals surface area contributed by atoms with Crippen LogP contribution in [0.15, 0.2) is 4.79 Å². The van der Waals surface area contributed by atoms with Gasteiger partial charge in [-0.3, -0.25) is 9.67 Å². The Labute approximate surface area is 97.5 Å². The number of H-pyrrole nitrogens is 2. The summed E-state index contributed by atoms with van der Waals surface area (Å²) in [6.45, 7) is 0. The lowest BCUT2D eigenvalue weighted by atomic mass is 9.95. The molecule has 4 nitrogen and oxygen atoms in total. The first kappa shape index (κ1) is 11.0. The van der Waals surface area contributed by atoms with Crippen LogP contribution in [0.2, 0.25) is 0 Å². The van der Waals surface area contributed by atoms with E-state index < -0.39 is 0 Å². The minimum absolute atomic E-state index is 0.106. The highest BCUT2D eigenvalue weighted by atomic mass is 32.2. The van der Waals surface area contributed by atoms with Gasteiger partial charge >= 0.3 is 5.69 Å². The Morgan fingerprint density at radius 3 is 2.73 bits per heavy atom. The van der Waals surface area contributed by atoms with Gasteiger partial charge in [0.2, 0.25) is 0 Å². The number of hydrogen-bond acceptors (Lipinski definition) is 3. The molecule has 0 aromatic carbocycles. The van der Waals surface area contributed by atoms with E-state index in [1.54, 1.807) is 4.57 Å². The Morgan fingerprint density at radius 1 is 1.40 bits per heavy atom. The summed E-state index contributed by atoms with van der Waals surface area (Å²) in [5.41, 5.74) is -0.106. The molecule has 1 aromatic heterocycles. The molecule has 1 heterocycles. The standard InChI is InChI=1S/C9H15N3OS2/c1-15-7-5-3-2-4-6(7)12-8(13)10-11-9(12)14/h6-7H,2-5H2,1H3,(H,10,13)(H,11,14). The molecule has 1 aromatic rings. The Balaban J connectivity index is 2.36. The van der Waals surface area contributed by atoms with Gasteiger partial charge in [0, 0.05) is 5.25 Å². The van der Waals surface area contributed by atoms with Crippen molar-refractivity contribution >= 4 is 24.0 Å². The SMILES string of the molecule is CSC1CCCCC1n1c(=O)[nH][nH]c1=S. The molecule has 0 spiro atoms. The molecule has 0 radical (unpaired) electrons. The van der Waals surface area contributed by atoms with Gasteiger partial charge in [0.15, 0.2) is 4.77 Å². The van der Waals surface area contributed by atoms with Crippen molar-refractivity contribution in [2.75, 3.05) is 6.26 Å². The van der Waals surface area contributed by atoms with Gasteiger partial charge in [-0.25, -0.2) is 9.89 Å². The van der Waals surface area contributed by atoms with Crippen LogP contribution >= 0.6 is 24.0 Å². The molecule has 2 rings (SSSR count). The van der Waals surface area contributed by atoms with E-state index in [0.29, 0.717) is 10.0 Å². The van der Waals surface area contributed by atoms with Crippen LogP contribution in [0.1, 0.15) is 31.7 Å². The Kier molecular flexibility index (Phi) is 3.35. The van der Waals surface area contributed by atoms with Gasteiger partial charge in [-0.1, -0.05) is 12.8 Å². The first-order valence-corrected chi connectivity index (χ1v) is 6.85. The summed E-state index contributed by atoms with van der Waals surface area (Å²) in [7, 11) is 0. The van der Waals surface area contributed by atoms with E-state index in [4.69, 9.17) is 12.2 Å². The molecule has 1 fully saturated rings. The van der Waals surface area contributed by atoms with Crippen LogP contribution in [0.4, 0.5) is 0 Å². The van der Waals surface area contributed by atoms with E-state index in [0.717, 1.165) is 6.42 Å². The third kappa shape index (κ3) is 2.06. The van der Waals surface area contributed by atoms with Gasteiger partial charge < -0.3 is 0 Å². The van der Waals surface area contributed by atoms with E-state index in [1.807, 2.05) is 11.8 Å². The fraction of sp³-hybridized carbons (Fsp3) is 0.778. The molecule has 0 amide bonds. The zero-order valence-corrected chi connectivity index (χ0v) is 10.3. The quantitative estimate of drug-likeness (QED) is 0.784. The van der Waals surface area contributed by atoms with Crippen molar-refractivity contribution in [3.8, 4) is 0 Å². The highest BCUT2D eigenvalue weighted by Crippen LogP contribution is 2.34. The third-order valence-corrected chi connectivity index (χ3v) is 4.47. The van der Waals surface area contributed by atoms with Gasteiger partial charge in [0.1, 0.15) is 0 Å². The number of aromatic amines is 2. The van der Waals surface area contributed by atoms with E-state index in [-0.39, 0.29) is 11.7 Å². The molecule has 1 aliphatic rings. The predicted molar refractivity (Wildman–Crippen MR) is 65.0 cm³/mol. The Hall–Kier alpha value is -0.490. The first-order valence-electron chi connectivity index (χ1n) is 5.16. The average Bonchev–Trinajstić information content (AvgIpc) is 2.59. The van der Waals surface area contributed by atoms with Crippen LogP contribution in [-0.2, 0) is 0 Å². The second kappa shape index (κ2) is 4.57. The first-order chi connectivity index (χ1) is 7.24. The predicted octanol–water partition coefficient (Wildman–Crippen LogP) is 2.08. The monoisotopic (exact) mass is 245 g/mol. The lowest BCUT2D eigenvalue weighted by molar-refractivity contribution is 0.355. The van der Waals surface area contributed by atoms with Gasteiger partial charge in [-0.15, -0.1) is 0 Å². The lowest BCUT2D eigenvalue weighted by Gasteiger charge is -2.30.